The topological polar surface area (TPSA) is 71.8 Å². The number of carbonyl (C=O) groups excluding carboxylic acids is 2. The van der Waals surface area contributed by atoms with Crippen molar-refractivity contribution in [2.75, 3.05) is 18.5 Å². The lowest BCUT2D eigenvalue weighted by Crippen LogP contribution is -2.36. The van der Waals surface area contributed by atoms with Gasteiger partial charge in [-0.05, 0) is 42.2 Å². The second-order valence-corrected chi connectivity index (χ2v) is 7.31. The van der Waals surface area contributed by atoms with E-state index in [0.29, 0.717) is 18.1 Å². The number of nitrogens with zero attached hydrogens (tertiary/aromatic N) is 1. The van der Waals surface area contributed by atoms with Crippen LogP contribution in [0, 0.1) is 0 Å². The third-order valence-corrected chi connectivity index (χ3v) is 4.11. The molecule has 2 rings (SSSR count). The van der Waals surface area contributed by atoms with Crippen molar-refractivity contribution < 1.29 is 18.7 Å². The minimum absolute atomic E-state index is 0.0491. The van der Waals surface area contributed by atoms with E-state index in [1.54, 1.807) is 25.3 Å². The minimum Gasteiger partial charge on any atom is -0.467 e. The molecule has 1 heterocycles. The van der Waals surface area contributed by atoms with Crippen LogP contribution in [0.1, 0.15) is 45.4 Å². The van der Waals surface area contributed by atoms with Crippen LogP contribution in [0.15, 0.2) is 47.1 Å². The number of anilines is 1. The zero-order valence-electron chi connectivity index (χ0n) is 16.5. The Hall–Kier alpha value is -2.76. The van der Waals surface area contributed by atoms with Crippen molar-refractivity contribution >= 4 is 17.7 Å². The maximum atomic E-state index is 12.7. The number of esters is 1. The van der Waals surface area contributed by atoms with Crippen molar-refractivity contribution in [2.24, 2.45) is 0 Å². The number of hydrogen-bond acceptors (Lipinski definition) is 4. The fourth-order valence-electron chi connectivity index (χ4n) is 2.56. The normalized spacial score (nSPS) is 11.1. The van der Waals surface area contributed by atoms with E-state index in [4.69, 9.17) is 9.15 Å². The molecule has 0 radical (unpaired) electrons. The van der Waals surface area contributed by atoms with Crippen LogP contribution < -0.4 is 5.32 Å². The van der Waals surface area contributed by atoms with Crippen LogP contribution in [0.4, 0.5) is 10.5 Å². The maximum Gasteiger partial charge on any atom is 0.322 e. The van der Waals surface area contributed by atoms with Gasteiger partial charge in [0.2, 0.25) is 0 Å². The fraction of sp³-hybridized carbons (Fsp3) is 0.429. The number of furan rings is 1. The average molecular weight is 372 g/mol. The summed E-state index contributed by atoms with van der Waals surface area (Å²) in [5.74, 6) is 0.321. The molecule has 0 spiro atoms. The van der Waals surface area contributed by atoms with Gasteiger partial charge in [0.25, 0.3) is 0 Å². The molecule has 1 aromatic carbocycles. The second-order valence-electron chi connectivity index (χ2n) is 7.31. The lowest BCUT2D eigenvalue weighted by atomic mass is 9.87. The van der Waals surface area contributed by atoms with E-state index in [2.05, 4.69) is 26.1 Å². The van der Waals surface area contributed by atoms with E-state index in [0.717, 1.165) is 0 Å². The smallest absolute Gasteiger partial charge is 0.322 e. The molecule has 1 aromatic heterocycles. The van der Waals surface area contributed by atoms with Crippen molar-refractivity contribution in [1.29, 1.82) is 0 Å². The van der Waals surface area contributed by atoms with Gasteiger partial charge in [0.15, 0.2) is 0 Å². The zero-order valence-corrected chi connectivity index (χ0v) is 16.5. The highest BCUT2D eigenvalue weighted by Crippen LogP contribution is 2.23. The molecule has 2 aromatic rings. The Kier molecular flexibility index (Phi) is 7.05. The molecule has 0 aliphatic rings. The number of amides is 2. The van der Waals surface area contributed by atoms with Crippen molar-refractivity contribution in [3.8, 4) is 0 Å². The Bertz CT molecular complexity index is 731. The van der Waals surface area contributed by atoms with E-state index in [1.807, 2.05) is 24.3 Å². The summed E-state index contributed by atoms with van der Waals surface area (Å²) in [4.78, 5) is 25.9. The van der Waals surface area contributed by atoms with E-state index in [9.17, 15) is 9.59 Å². The van der Waals surface area contributed by atoms with E-state index >= 15 is 0 Å². The van der Waals surface area contributed by atoms with Gasteiger partial charge >= 0.3 is 12.0 Å². The maximum absolute atomic E-state index is 12.7. The highest BCUT2D eigenvalue weighted by Gasteiger charge is 2.18. The van der Waals surface area contributed by atoms with Crippen molar-refractivity contribution in [3.63, 3.8) is 0 Å². The Morgan fingerprint density at radius 2 is 1.85 bits per heavy atom. The Labute approximate surface area is 160 Å². The molecule has 0 aliphatic carbocycles. The summed E-state index contributed by atoms with van der Waals surface area (Å²) >= 11 is 0. The number of hydrogen-bond donors (Lipinski definition) is 1. The van der Waals surface area contributed by atoms with Crippen LogP contribution in [0.5, 0.6) is 0 Å². The second kappa shape index (κ2) is 9.26. The van der Waals surface area contributed by atoms with Crippen molar-refractivity contribution in [1.82, 2.24) is 4.90 Å². The third kappa shape index (κ3) is 6.47. The first-order valence-electron chi connectivity index (χ1n) is 9.14. The fourth-order valence-corrected chi connectivity index (χ4v) is 2.56. The molecule has 27 heavy (non-hydrogen) atoms. The van der Waals surface area contributed by atoms with Gasteiger partial charge in [0, 0.05) is 12.2 Å². The summed E-state index contributed by atoms with van der Waals surface area (Å²) in [5.41, 5.74) is 1.94. The molecule has 0 saturated carbocycles. The first kappa shape index (κ1) is 20.6. The number of ether oxygens (including phenoxy) is 1. The highest BCUT2D eigenvalue weighted by molar-refractivity contribution is 5.89. The molecule has 6 heteroatoms. The molecular weight excluding hydrogens is 344 g/mol. The number of rotatable bonds is 7. The van der Waals surface area contributed by atoms with Crippen LogP contribution in [0.25, 0.3) is 0 Å². The van der Waals surface area contributed by atoms with Gasteiger partial charge in [-0.2, -0.15) is 0 Å². The summed E-state index contributed by atoms with van der Waals surface area (Å²) in [6.45, 7) is 9.02. The molecule has 0 atom stereocenters. The lowest BCUT2D eigenvalue weighted by molar-refractivity contribution is -0.143. The molecule has 0 aliphatic heterocycles. The highest BCUT2D eigenvalue weighted by atomic mass is 16.5. The standard InChI is InChI=1S/C21H28N2O4/c1-5-26-19(24)12-13-23(15-18-7-6-14-27-18)20(25)22-17-10-8-16(9-11-17)21(2,3)4/h6-11,14H,5,12-13,15H2,1-4H3,(H,22,25). The Morgan fingerprint density at radius 1 is 1.15 bits per heavy atom. The molecule has 0 bridgehead atoms. The number of nitrogens with one attached hydrogen (secondary N) is 1. The number of urea groups is 1. The summed E-state index contributed by atoms with van der Waals surface area (Å²) in [6, 6.07) is 11.0. The minimum atomic E-state index is -0.329. The van der Waals surface area contributed by atoms with Gasteiger partial charge in [-0.1, -0.05) is 32.9 Å². The molecule has 0 saturated heterocycles. The van der Waals surface area contributed by atoms with Crippen LogP contribution in [0.3, 0.4) is 0 Å². The molecule has 146 valence electrons. The number of carbonyl (C=O) groups is 2. The first-order valence-corrected chi connectivity index (χ1v) is 9.14. The molecule has 1 N–H and O–H groups in total. The van der Waals surface area contributed by atoms with Crippen LogP contribution in [0.2, 0.25) is 0 Å². The lowest BCUT2D eigenvalue weighted by Gasteiger charge is -2.23. The number of benzene rings is 1. The summed E-state index contributed by atoms with van der Waals surface area (Å²) in [7, 11) is 0. The zero-order chi connectivity index (χ0) is 19.9. The molecule has 0 unspecified atom stereocenters. The summed E-state index contributed by atoms with van der Waals surface area (Å²) in [6.07, 6.45) is 1.69. The van der Waals surface area contributed by atoms with Gasteiger partial charge < -0.3 is 19.4 Å². The van der Waals surface area contributed by atoms with Crippen LogP contribution in [-0.2, 0) is 21.5 Å². The van der Waals surface area contributed by atoms with E-state index in [1.165, 1.54) is 10.5 Å². The monoisotopic (exact) mass is 372 g/mol. The Morgan fingerprint density at radius 3 is 2.41 bits per heavy atom. The summed E-state index contributed by atoms with van der Waals surface area (Å²) in [5, 5.41) is 2.88. The predicted octanol–water partition coefficient (Wildman–Crippen LogP) is 4.56. The van der Waals surface area contributed by atoms with Gasteiger partial charge in [-0.25, -0.2) is 4.79 Å². The van der Waals surface area contributed by atoms with Gasteiger partial charge in [-0.3, -0.25) is 4.79 Å². The quantitative estimate of drug-likeness (QED) is 0.723. The van der Waals surface area contributed by atoms with Crippen molar-refractivity contribution in [2.45, 2.75) is 46.1 Å². The third-order valence-electron chi connectivity index (χ3n) is 4.11. The molecule has 2 amide bonds. The molecule has 6 nitrogen and oxygen atoms in total. The largest absolute Gasteiger partial charge is 0.467 e. The Balaban J connectivity index is 2.04. The van der Waals surface area contributed by atoms with Crippen LogP contribution in [-0.4, -0.2) is 30.1 Å². The van der Waals surface area contributed by atoms with E-state index in [-0.39, 0.29) is 36.9 Å². The molecular formula is C21H28N2O4. The molecule has 0 fully saturated rings. The first-order chi connectivity index (χ1) is 12.8. The van der Waals surface area contributed by atoms with Gasteiger partial charge in [0.05, 0.1) is 25.8 Å². The predicted molar refractivity (Wildman–Crippen MR) is 105 cm³/mol. The van der Waals surface area contributed by atoms with Gasteiger partial charge in [0.1, 0.15) is 5.76 Å². The SMILES string of the molecule is CCOC(=O)CCN(Cc1ccco1)C(=O)Nc1ccc(C(C)(C)C)cc1. The van der Waals surface area contributed by atoms with Gasteiger partial charge in [-0.15, -0.1) is 0 Å². The van der Waals surface area contributed by atoms with E-state index < -0.39 is 0 Å². The van der Waals surface area contributed by atoms with Crippen molar-refractivity contribution in [3.05, 3.63) is 54.0 Å². The average Bonchev–Trinajstić information content (AvgIpc) is 3.11. The van der Waals surface area contributed by atoms with Crippen LogP contribution >= 0.6 is 0 Å². The summed E-state index contributed by atoms with van der Waals surface area (Å²) < 4.78 is 10.3.